The minimum atomic E-state index is -0.818. The highest BCUT2D eigenvalue weighted by Gasteiger charge is 2.15. The highest BCUT2D eigenvalue weighted by atomic mass is 19.1. The van der Waals surface area contributed by atoms with E-state index in [0.717, 1.165) is 17.5 Å². The van der Waals surface area contributed by atoms with Gasteiger partial charge in [0.25, 0.3) is 0 Å². The maximum Gasteiger partial charge on any atom is 0.306 e. The number of nitro groups is 1. The van der Waals surface area contributed by atoms with E-state index in [1.807, 2.05) is 30.5 Å². The van der Waals surface area contributed by atoms with Gasteiger partial charge in [0.1, 0.15) is 0 Å². The first-order chi connectivity index (χ1) is 8.00. The van der Waals surface area contributed by atoms with Crippen molar-refractivity contribution in [2.45, 2.75) is 13.8 Å². The SMILES string of the molecule is Cc1ccc(C)n1-c1ccc(F)c([N+](=O)[O-])c1. The van der Waals surface area contributed by atoms with Gasteiger partial charge in [-0.15, -0.1) is 0 Å². The molecule has 2 aromatic rings. The maximum atomic E-state index is 13.2. The summed E-state index contributed by atoms with van der Waals surface area (Å²) in [5, 5.41) is 10.7. The molecule has 0 N–H and O–H groups in total. The van der Waals surface area contributed by atoms with Gasteiger partial charge in [0.2, 0.25) is 5.82 Å². The Morgan fingerprint density at radius 2 is 1.76 bits per heavy atom. The Morgan fingerprint density at radius 3 is 2.29 bits per heavy atom. The Bertz CT molecular complexity index is 571. The summed E-state index contributed by atoms with van der Waals surface area (Å²) in [6.07, 6.45) is 0. The van der Waals surface area contributed by atoms with Crippen LogP contribution in [0.2, 0.25) is 0 Å². The number of hydrogen-bond acceptors (Lipinski definition) is 2. The molecule has 0 aliphatic heterocycles. The van der Waals surface area contributed by atoms with Gasteiger partial charge in [0, 0.05) is 17.5 Å². The molecule has 0 bridgehead atoms. The number of nitrogens with zero attached hydrogens (tertiary/aromatic N) is 2. The lowest BCUT2D eigenvalue weighted by atomic mass is 10.2. The summed E-state index contributed by atoms with van der Waals surface area (Å²) < 4.78 is 15.1. The molecule has 0 atom stereocenters. The van der Waals surface area contributed by atoms with E-state index in [4.69, 9.17) is 0 Å². The van der Waals surface area contributed by atoms with E-state index in [1.54, 1.807) is 0 Å². The molecule has 1 aromatic heterocycles. The van der Waals surface area contributed by atoms with Crippen LogP contribution in [0.15, 0.2) is 30.3 Å². The van der Waals surface area contributed by atoms with E-state index in [0.29, 0.717) is 5.69 Å². The van der Waals surface area contributed by atoms with Gasteiger partial charge < -0.3 is 4.57 Å². The molecular weight excluding hydrogens is 223 g/mol. The number of rotatable bonds is 2. The first kappa shape index (κ1) is 11.3. The monoisotopic (exact) mass is 234 g/mol. The fourth-order valence-corrected chi connectivity index (χ4v) is 1.86. The van der Waals surface area contributed by atoms with Crippen LogP contribution in [0.3, 0.4) is 0 Å². The summed E-state index contributed by atoms with van der Waals surface area (Å²) in [5.41, 5.74) is 1.99. The zero-order valence-corrected chi connectivity index (χ0v) is 9.48. The first-order valence-corrected chi connectivity index (χ1v) is 5.10. The second kappa shape index (κ2) is 4.01. The van der Waals surface area contributed by atoms with Crippen molar-refractivity contribution in [3.05, 3.63) is 57.7 Å². The molecule has 1 heterocycles. The second-order valence-corrected chi connectivity index (χ2v) is 3.84. The number of benzene rings is 1. The molecular formula is C12H11FN2O2. The number of aryl methyl sites for hydroxylation is 2. The lowest BCUT2D eigenvalue weighted by Crippen LogP contribution is -2.01. The summed E-state index contributed by atoms with van der Waals surface area (Å²) in [7, 11) is 0. The molecule has 0 saturated heterocycles. The first-order valence-electron chi connectivity index (χ1n) is 5.10. The lowest BCUT2D eigenvalue weighted by molar-refractivity contribution is -0.387. The van der Waals surface area contributed by atoms with Gasteiger partial charge in [-0.3, -0.25) is 10.1 Å². The Morgan fingerprint density at radius 1 is 1.18 bits per heavy atom. The molecule has 88 valence electrons. The van der Waals surface area contributed by atoms with Crippen molar-refractivity contribution in [2.24, 2.45) is 0 Å². The zero-order chi connectivity index (χ0) is 12.6. The van der Waals surface area contributed by atoms with Gasteiger partial charge >= 0.3 is 5.69 Å². The van der Waals surface area contributed by atoms with Gasteiger partial charge in [-0.25, -0.2) is 0 Å². The largest absolute Gasteiger partial charge is 0.318 e. The topological polar surface area (TPSA) is 48.1 Å². The summed E-state index contributed by atoms with van der Waals surface area (Å²) in [4.78, 5) is 9.95. The molecule has 0 radical (unpaired) electrons. The smallest absolute Gasteiger partial charge is 0.306 e. The Hall–Kier alpha value is -2.17. The van der Waals surface area contributed by atoms with Crippen molar-refractivity contribution in [3.63, 3.8) is 0 Å². The molecule has 0 aliphatic rings. The summed E-state index contributed by atoms with van der Waals surface area (Å²) in [6, 6.07) is 7.71. The normalized spacial score (nSPS) is 10.5. The van der Waals surface area contributed by atoms with Crippen molar-refractivity contribution < 1.29 is 9.31 Å². The van der Waals surface area contributed by atoms with Crippen LogP contribution in [-0.2, 0) is 0 Å². The van der Waals surface area contributed by atoms with E-state index < -0.39 is 16.4 Å². The highest BCUT2D eigenvalue weighted by molar-refractivity contribution is 5.46. The van der Waals surface area contributed by atoms with E-state index in [9.17, 15) is 14.5 Å². The lowest BCUT2D eigenvalue weighted by Gasteiger charge is -2.09. The minimum Gasteiger partial charge on any atom is -0.318 e. The predicted molar refractivity (Wildman–Crippen MR) is 61.9 cm³/mol. The van der Waals surface area contributed by atoms with Crippen molar-refractivity contribution in [1.82, 2.24) is 4.57 Å². The average Bonchev–Trinajstić information content (AvgIpc) is 2.59. The molecule has 1 aromatic carbocycles. The summed E-state index contributed by atoms with van der Waals surface area (Å²) in [5.74, 6) is -0.818. The van der Waals surface area contributed by atoms with Crippen LogP contribution in [0.25, 0.3) is 5.69 Å². The third kappa shape index (κ3) is 1.91. The standard InChI is InChI=1S/C12H11FN2O2/c1-8-3-4-9(2)14(8)10-5-6-11(13)12(7-10)15(16)17/h3-7H,1-2H3. The fraction of sp³-hybridized carbons (Fsp3) is 0.167. The number of nitro benzene ring substituents is 1. The van der Waals surface area contributed by atoms with Gasteiger partial charge in [0.05, 0.1) is 10.6 Å². The fourth-order valence-electron chi connectivity index (χ4n) is 1.86. The third-order valence-corrected chi connectivity index (χ3v) is 2.66. The van der Waals surface area contributed by atoms with Crippen LogP contribution in [0.4, 0.5) is 10.1 Å². The second-order valence-electron chi connectivity index (χ2n) is 3.84. The van der Waals surface area contributed by atoms with E-state index in [2.05, 4.69) is 0 Å². The van der Waals surface area contributed by atoms with Gasteiger partial charge in [-0.05, 0) is 38.1 Å². The molecule has 0 fully saturated rings. The van der Waals surface area contributed by atoms with Crippen LogP contribution >= 0.6 is 0 Å². The average molecular weight is 234 g/mol. The minimum absolute atomic E-state index is 0.505. The Kier molecular flexibility index (Phi) is 2.67. The molecule has 4 nitrogen and oxygen atoms in total. The Balaban J connectivity index is 2.62. The van der Waals surface area contributed by atoms with Crippen LogP contribution in [-0.4, -0.2) is 9.49 Å². The molecule has 0 amide bonds. The molecule has 5 heteroatoms. The maximum absolute atomic E-state index is 13.2. The number of aromatic nitrogens is 1. The van der Waals surface area contributed by atoms with Crippen LogP contribution < -0.4 is 0 Å². The quantitative estimate of drug-likeness (QED) is 0.592. The van der Waals surface area contributed by atoms with Gasteiger partial charge in [-0.2, -0.15) is 4.39 Å². The number of halogens is 1. The predicted octanol–water partition coefficient (Wildman–Crippen LogP) is 3.14. The molecule has 2 rings (SSSR count). The van der Waals surface area contributed by atoms with E-state index in [1.165, 1.54) is 12.1 Å². The number of hydrogen-bond donors (Lipinski definition) is 0. The zero-order valence-electron chi connectivity index (χ0n) is 9.48. The summed E-state index contributed by atoms with van der Waals surface area (Å²) >= 11 is 0. The van der Waals surface area contributed by atoms with Crippen molar-refractivity contribution in [1.29, 1.82) is 0 Å². The molecule has 0 aliphatic carbocycles. The van der Waals surface area contributed by atoms with Gasteiger partial charge in [0.15, 0.2) is 0 Å². The van der Waals surface area contributed by atoms with Crippen molar-refractivity contribution in [2.75, 3.05) is 0 Å². The van der Waals surface area contributed by atoms with E-state index >= 15 is 0 Å². The molecule has 0 spiro atoms. The Labute approximate surface area is 97.5 Å². The third-order valence-electron chi connectivity index (χ3n) is 2.66. The van der Waals surface area contributed by atoms with E-state index in [-0.39, 0.29) is 0 Å². The van der Waals surface area contributed by atoms with Crippen molar-refractivity contribution in [3.8, 4) is 5.69 Å². The van der Waals surface area contributed by atoms with Crippen LogP contribution in [0.1, 0.15) is 11.4 Å². The molecule has 0 unspecified atom stereocenters. The molecule has 17 heavy (non-hydrogen) atoms. The molecule has 0 saturated carbocycles. The van der Waals surface area contributed by atoms with Gasteiger partial charge in [-0.1, -0.05) is 0 Å². The van der Waals surface area contributed by atoms with Crippen LogP contribution in [0, 0.1) is 29.8 Å². The van der Waals surface area contributed by atoms with Crippen molar-refractivity contribution >= 4 is 5.69 Å². The van der Waals surface area contributed by atoms with Crippen LogP contribution in [0.5, 0.6) is 0 Å². The summed E-state index contributed by atoms with van der Waals surface area (Å²) in [6.45, 7) is 3.78. The highest BCUT2D eigenvalue weighted by Crippen LogP contribution is 2.23.